The summed E-state index contributed by atoms with van der Waals surface area (Å²) >= 11 is 5.73. The molecule has 1 N–H and O–H groups in total. The molecule has 0 bridgehead atoms. The van der Waals surface area contributed by atoms with Crippen LogP contribution in [0.3, 0.4) is 0 Å². The van der Waals surface area contributed by atoms with Gasteiger partial charge in [0.05, 0.1) is 6.54 Å². The van der Waals surface area contributed by atoms with E-state index in [1.165, 1.54) is 6.07 Å². The molecule has 1 amide bonds. The molecule has 0 spiro atoms. The third-order valence-corrected chi connectivity index (χ3v) is 3.85. The lowest BCUT2D eigenvalue weighted by molar-refractivity contribution is 0.0648. The van der Waals surface area contributed by atoms with Gasteiger partial charge in [-0.1, -0.05) is 0 Å². The zero-order valence-electron chi connectivity index (χ0n) is 13.5. The minimum Gasteiger partial charge on any atom is -0.475 e. The fraction of sp³-hybridized carbons (Fsp3) is 0.235. The van der Waals surface area contributed by atoms with Crippen LogP contribution in [0.15, 0.2) is 39.2 Å². The predicted molar refractivity (Wildman–Crippen MR) is 89.7 cm³/mol. The van der Waals surface area contributed by atoms with Gasteiger partial charge in [0.1, 0.15) is 11.3 Å². The van der Waals surface area contributed by atoms with Gasteiger partial charge in [0, 0.05) is 11.6 Å². The van der Waals surface area contributed by atoms with Crippen LogP contribution in [0.2, 0.25) is 5.35 Å². The van der Waals surface area contributed by atoms with E-state index in [2.05, 4.69) is 4.98 Å². The van der Waals surface area contributed by atoms with Crippen molar-refractivity contribution in [2.75, 3.05) is 0 Å². The van der Waals surface area contributed by atoms with Crippen molar-refractivity contribution in [3.05, 3.63) is 52.8 Å². The molecule has 0 fully saturated rings. The van der Waals surface area contributed by atoms with E-state index >= 15 is 0 Å². The number of nitrogens with zero attached hydrogens (tertiary/aromatic N) is 2. The molecule has 1 aromatic carbocycles. The number of carbonyl (C=O) groups is 2. The second kappa shape index (κ2) is 6.60. The number of hydrogen-bond acceptors (Lipinski definition) is 5. The topological polar surface area (TPSA) is 96.8 Å². The van der Waals surface area contributed by atoms with E-state index in [-0.39, 0.29) is 29.6 Å². The summed E-state index contributed by atoms with van der Waals surface area (Å²) in [4.78, 5) is 29.3. The maximum Gasteiger partial charge on any atom is 0.371 e. The Bertz CT molecular complexity index is 944. The molecule has 8 heteroatoms. The number of rotatable bonds is 5. The van der Waals surface area contributed by atoms with Gasteiger partial charge in [-0.15, -0.1) is 0 Å². The van der Waals surface area contributed by atoms with Crippen LogP contribution in [-0.4, -0.2) is 32.9 Å². The fourth-order valence-electron chi connectivity index (χ4n) is 2.43. The number of carbonyl (C=O) groups excluding carboxylic acids is 1. The summed E-state index contributed by atoms with van der Waals surface area (Å²) in [7, 11) is 0. The summed E-state index contributed by atoms with van der Waals surface area (Å²) in [6, 6.07) is 7.67. The number of benzene rings is 1. The summed E-state index contributed by atoms with van der Waals surface area (Å²) in [5.74, 6) is -1.16. The molecule has 2 aromatic heterocycles. The first-order valence-electron chi connectivity index (χ1n) is 7.54. The van der Waals surface area contributed by atoms with Crippen molar-refractivity contribution in [3.8, 4) is 0 Å². The molecule has 0 saturated heterocycles. The number of oxazole rings is 1. The number of aromatic nitrogens is 1. The van der Waals surface area contributed by atoms with Gasteiger partial charge in [0.25, 0.3) is 11.3 Å². The SMILES string of the molecule is CC(C)N(Cc1ccc(C(=O)O)o1)C(=O)c1ccc2nc(Cl)oc2c1. The highest BCUT2D eigenvalue weighted by Gasteiger charge is 2.22. The highest BCUT2D eigenvalue weighted by Crippen LogP contribution is 2.22. The van der Waals surface area contributed by atoms with Gasteiger partial charge in [-0.05, 0) is 55.8 Å². The molecule has 2 heterocycles. The van der Waals surface area contributed by atoms with Crippen molar-refractivity contribution in [3.63, 3.8) is 0 Å². The maximum atomic E-state index is 12.9. The van der Waals surface area contributed by atoms with Crippen LogP contribution in [0.25, 0.3) is 11.1 Å². The smallest absolute Gasteiger partial charge is 0.371 e. The summed E-state index contributed by atoms with van der Waals surface area (Å²) in [6.45, 7) is 3.88. The Hall–Kier alpha value is -2.80. The minimum atomic E-state index is -1.15. The van der Waals surface area contributed by atoms with Gasteiger partial charge in [-0.25, -0.2) is 4.79 Å². The van der Waals surface area contributed by atoms with E-state index in [0.717, 1.165) is 0 Å². The van der Waals surface area contributed by atoms with Gasteiger partial charge < -0.3 is 18.8 Å². The van der Waals surface area contributed by atoms with Crippen LogP contribution in [0.4, 0.5) is 0 Å². The summed E-state index contributed by atoms with van der Waals surface area (Å²) in [6.07, 6.45) is 0. The standard InChI is InChI=1S/C17H15ClN2O5/c1-9(2)20(8-11-4-6-13(24-11)16(22)23)15(21)10-3-5-12-14(7-10)25-17(18)19-12/h3-7,9H,8H2,1-2H3,(H,22,23). The average molecular weight is 363 g/mol. The molecule has 0 aliphatic heterocycles. The molecular formula is C17H15ClN2O5. The monoisotopic (exact) mass is 362 g/mol. The van der Waals surface area contributed by atoms with Gasteiger partial charge in [0.15, 0.2) is 5.58 Å². The molecule has 7 nitrogen and oxygen atoms in total. The van der Waals surface area contributed by atoms with Crippen molar-refractivity contribution < 1.29 is 23.5 Å². The van der Waals surface area contributed by atoms with E-state index in [9.17, 15) is 9.59 Å². The summed E-state index contributed by atoms with van der Waals surface area (Å²) in [5, 5.41) is 8.94. The number of carboxylic acid groups (broad SMARTS) is 1. The van der Waals surface area contributed by atoms with Gasteiger partial charge in [-0.3, -0.25) is 4.79 Å². The molecule has 0 aliphatic carbocycles. The average Bonchev–Trinajstić information content (AvgIpc) is 3.16. The lowest BCUT2D eigenvalue weighted by Gasteiger charge is -2.25. The number of aromatic carboxylic acids is 1. The summed E-state index contributed by atoms with van der Waals surface area (Å²) < 4.78 is 10.5. The lowest BCUT2D eigenvalue weighted by atomic mass is 10.1. The first-order valence-corrected chi connectivity index (χ1v) is 7.92. The van der Waals surface area contributed by atoms with E-state index in [4.69, 9.17) is 25.5 Å². The minimum absolute atomic E-state index is 0.0112. The number of halogens is 1. The van der Waals surface area contributed by atoms with Crippen molar-refractivity contribution in [1.29, 1.82) is 0 Å². The van der Waals surface area contributed by atoms with Gasteiger partial charge in [-0.2, -0.15) is 4.98 Å². The molecule has 0 unspecified atom stereocenters. The molecule has 3 rings (SSSR count). The Balaban J connectivity index is 1.87. The Kier molecular flexibility index (Phi) is 4.50. The third-order valence-electron chi connectivity index (χ3n) is 3.69. The number of hydrogen-bond donors (Lipinski definition) is 1. The van der Waals surface area contributed by atoms with Gasteiger partial charge >= 0.3 is 5.97 Å². The molecular weight excluding hydrogens is 348 g/mol. The number of carboxylic acids is 1. The van der Waals surface area contributed by atoms with Crippen LogP contribution in [-0.2, 0) is 6.54 Å². The Morgan fingerprint density at radius 3 is 2.64 bits per heavy atom. The predicted octanol–water partition coefficient (Wildman–Crippen LogP) is 3.82. The molecule has 130 valence electrons. The Morgan fingerprint density at radius 2 is 2.00 bits per heavy atom. The van der Waals surface area contributed by atoms with Crippen LogP contribution in [0.1, 0.15) is 40.5 Å². The molecule has 0 atom stereocenters. The van der Waals surface area contributed by atoms with E-state index in [1.54, 1.807) is 29.2 Å². The van der Waals surface area contributed by atoms with E-state index < -0.39 is 5.97 Å². The van der Waals surface area contributed by atoms with Crippen molar-refractivity contribution in [2.24, 2.45) is 0 Å². The van der Waals surface area contributed by atoms with Crippen molar-refractivity contribution >= 4 is 34.6 Å². The number of fused-ring (bicyclic) bond motifs is 1. The fourth-order valence-corrected chi connectivity index (χ4v) is 2.60. The highest BCUT2D eigenvalue weighted by atomic mass is 35.5. The van der Waals surface area contributed by atoms with Crippen LogP contribution >= 0.6 is 11.6 Å². The van der Waals surface area contributed by atoms with Crippen LogP contribution in [0.5, 0.6) is 0 Å². The number of amides is 1. The molecule has 25 heavy (non-hydrogen) atoms. The molecule has 0 radical (unpaired) electrons. The first-order chi connectivity index (χ1) is 11.8. The van der Waals surface area contributed by atoms with E-state index in [0.29, 0.717) is 22.4 Å². The second-order valence-corrected chi connectivity index (χ2v) is 6.07. The quantitative estimate of drug-likeness (QED) is 0.741. The van der Waals surface area contributed by atoms with Crippen molar-refractivity contribution in [1.82, 2.24) is 9.88 Å². The lowest BCUT2D eigenvalue weighted by Crippen LogP contribution is -2.36. The third kappa shape index (κ3) is 3.51. The summed E-state index contributed by atoms with van der Waals surface area (Å²) in [5.41, 5.74) is 1.40. The van der Waals surface area contributed by atoms with Crippen LogP contribution < -0.4 is 0 Å². The highest BCUT2D eigenvalue weighted by molar-refractivity contribution is 6.28. The van der Waals surface area contributed by atoms with E-state index in [1.807, 2.05) is 13.8 Å². The number of furan rings is 1. The maximum absolute atomic E-state index is 12.9. The molecule has 3 aromatic rings. The van der Waals surface area contributed by atoms with Crippen LogP contribution in [0, 0.1) is 0 Å². The molecule has 0 aliphatic rings. The zero-order chi connectivity index (χ0) is 18.1. The Morgan fingerprint density at radius 1 is 1.24 bits per heavy atom. The molecule has 0 saturated carbocycles. The van der Waals surface area contributed by atoms with Crippen molar-refractivity contribution in [2.45, 2.75) is 26.4 Å². The Labute approximate surface area is 147 Å². The zero-order valence-corrected chi connectivity index (χ0v) is 14.3. The van der Waals surface area contributed by atoms with Gasteiger partial charge in [0.2, 0.25) is 5.76 Å². The second-order valence-electron chi connectivity index (χ2n) is 5.75. The largest absolute Gasteiger partial charge is 0.475 e. The first kappa shape index (κ1) is 17.0. The normalized spacial score (nSPS) is 11.2.